The minimum Gasteiger partial charge on any atom is -0.456 e. The average Bonchev–Trinajstić information content (AvgIpc) is 2.40. The third-order valence-electron chi connectivity index (χ3n) is 2.91. The second kappa shape index (κ2) is 6.55. The van der Waals surface area contributed by atoms with Gasteiger partial charge in [0.15, 0.2) is 0 Å². The highest BCUT2D eigenvalue weighted by atomic mass is 79.9. The Kier molecular flexibility index (Phi) is 5.02. The molecule has 2 aromatic rings. The molecule has 2 rings (SSSR count). The molecular formula is C15H15Br2NO. The molecule has 4 heteroatoms. The molecule has 0 aliphatic heterocycles. The van der Waals surface area contributed by atoms with E-state index in [9.17, 15) is 0 Å². The molecule has 19 heavy (non-hydrogen) atoms. The average molecular weight is 385 g/mol. The van der Waals surface area contributed by atoms with Gasteiger partial charge in [-0.2, -0.15) is 0 Å². The van der Waals surface area contributed by atoms with Crippen molar-refractivity contribution in [2.24, 2.45) is 0 Å². The highest BCUT2D eigenvalue weighted by Gasteiger charge is 2.08. The van der Waals surface area contributed by atoms with Crippen LogP contribution in [0.2, 0.25) is 0 Å². The summed E-state index contributed by atoms with van der Waals surface area (Å²) in [6.45, 7) is 2.12. The van der Waals surface area contributed by atoms with Crippen molar-refractivity contribution in [3.05, 3.63) is 57.0 Å². The Morgan fingerprint density at radius 3 is 2.53 bits per heavy atom. The van der Waals surface area contributed by atoms with Gasteiger partial charge in [-0.05, 0) is 65.8 Å². The van der Waals surface area contributed by atoms with Crippen molar-refractivity contribution in [3.8, 4) is 11.5 Å². The van der Waals surface area contributed by atoms with E-state index < -0.39 is 0 Å². The molecule has 0 aliphatic carbocycles. The van der Waals surface area contributed by atoms with E-state index in [1.165, 1.54) is 5.56 Å². The SMILES string of the molecule is CNC(C)c1ccc(Oc2cccc(Br)c2)c(Br)c1. The predicted octanol–water partition coefficient (Wildman–Crippen LogP) is 5.28. The van der Waals surface area contributed by atoms with E-state index in [1.54, 1.807) is 0 Å². The first kappa shape index (κ1) is 14.6. The molecular weight excluding hydrogens is 370 g/mol. The maximum absolute atomic E-state index is 5.86. The molecule has 0 aliphatic rings. The number of benzene rings is 2. The summed E-state index contributed by atoms with van der Waals surface area (Å²) in [5, 5.41) is 3.22. The zero-order valence-corrected chi connectivity index (χ0v) is 14.0. The molecule has 0 aromatic heterocycles. The van der Waals surface area contributed by atoms with Crippen molar-refractivity contribution in [2.75, 3.05) is 7.05 Å². The van der Waals surface area contributed by atoms with E-state index >= 15 is 0 Å². The molecule has 0 bridgehead atoms. The maximum Gasteiger partial charge on any atom is 0.141 e. The second-order valence-corrected chi connectivity index (χ2v) is 6.03. The minimum atomic E-state index is 0.316. The highest BCUT2D eigenvalue weighted by Crippen LogP contribution is 2.32. The summed E-state index contributed by atoms with van der Waals surface area (Å²) in [5.74, 6) is 1.62. The Hall–Kier alpha value is -0.840. The quantitative estimate of drug-likeness (QED) is 0.773. The van der Waals surface area contributed by atoms with E-state index in [0.29, 0.717) is 6.04 Å². The zero-order valence-electron chi connectivity index (χ0n) is 10.8. The van der Waals surface area contributed by atoms with Crippen LogP contribution in [-0.2, 0) is 0 Å². The Balaban J connectivity index is 2.22. The third kappa shape index (κ3) is 3.81. The van der Waals surface area contributed by atoms with Crippen molar-refractivity contribution in [1.82, 2.24) is 5.32 Å². The summed E-state index contributed by atoms with van der Waals surface area (Å²) in [6, 6.07) is 14.2. The molecule has 2 nitrogen and oxygen atoms in total. The van der Waals surface area contributed by atoms with Crippen LogP contribution in [0.5, 0.6) is 11.5 Å². The van der Waals surface area contributed by atoms with Crippen LogP contribution in [0.1, 0.15) is 18.5 Å². The van der Waals surface area contributed by atoms with Crippen molar-refractivity contribution in [1.29, 1.82) is 0 Å². The van der Waals surface area contributed by atoms with Crippen LogP contribution in [-0.4, -0.2) is 7.05 Å². The number of hydrogen-bond acceptors (Lipinski definition) is 2. The summed E-state index contributed by atoms with van der Waals surface area (Å²) < 4.78 is 7.81. The summed E-state index contributed by atoms with van der Waals surface area (Å²) in [5.41, 5.74) is 1.22. The van der Waals surface area contributed by atoms with Gasteiger partial charge < -0.3 is 10.1 Å². The molecule has 0 fully saturated rings. The van der Waals surface area contributed by atoms with E-state index in [-0.39, 0.29) is 0 Å². The lowest BCUT2D eigenvalue weighted by molar-refractivity contribution is 0.478. The van der Waals surface area contributed by atoms with Gasteiger partial charge in [-0.3, -0.25) is 0 Å². The lowest BCUT2D eigenvalue weighted by Gasteiger charge is -2.13. The molecule has 2 aromatic carbocycles. The monoisotopic (exact) mass is 383 g/mol. The largest absolute Gasteiger partial charge is 0.456 e. The fourth-order valence-corrected chi connectivity index (χ4v) is 2.55. The van der Waals surface area contributed by atoms with Gasteiger partial charge in [-0.15, -0.1) is 0 Å². The van der Waals surface area contributed by atoms with Gasteiger partial charge in [-0.1, -0.05) is 28.1 Å². The summed E-state index contributed by atoms with van der Waals surface area (Å²) in [4.78, 5) is 0. The van der Waals surface area contributed by atoms with Crippen LogP contribution in [0.15, 0.2) is 51.4 Å². The van der Waals surface area contributed by atoms with Crippen LogP contribution in [0, 0.1) is 0 Å². The van der Waals surface area contributed by atoms with Crippen LogP contribution in [0.3, 0.4) is 0 Å². The van der Waals surface area contributed by atoms with Gasteiger partial charge in [-0.25, -0.2) is 0 Å². The first-order valence-corrected chi connectivity index (χ1v) is 7.59. The molecule has 1 atom stereocenters. The maximum atomic E-state index is 5.86. The van der Waals surface area contributed by atoms with Gasteiger partial charge in [0.25, 0.3) is 0 Å². The minimum absolute atomic E-state index is 0.316. The van der Waals surface area contributed by atoms with Crippen molar-refractivity contribution in [3.63, 3.8) is 0 Å². The van der Waals surface area contributed by atoms with Gasteiger partial charge in [0.1, 0.15) is 11.5 Å². The molecule has 1 unspecified atom stereocenters. The predicted molar refractivity (Wildman–Crippen MR) is 85.8 cm³/mol. The Morgan fingerprint density at radius 1 is 1.11 bits per heavy atom. The van der Waals surface area contributed by atoms with Crippen LogP contribution >= 0.6 is 31.9 Å². The molecule has 0 spiro atoms. The van der Waals surface area contributed by atoms with Gasteiger partial charge in [0, 0.05) is 10.5 Å². The van der Waals surface area contributed by atoms with Crippen LogP contribution < -0.4 is 10.1 Å². The molecule has 0 amide bonds. The first-order chi connectivity index (χ1) is 9.10. The van der Waals surface area contributed by atoms with E-state index in [4.69, 9.17) is 4.74 Å². The van der Waals surface area contributed by atoms with Gasteiger partial charge in [0.05, 0.1) is 4.47 Å². The Labute approximate surface area is 130 Å². The molecule has 0 saturated carbocycles. The van der Waals surface area contributed by atoms with Crippen molar-refractivity contribution in [2.45, 2.75) is 13.0 Å². The smallest absolute Gasteiger partial charge is 0.141 e. The van der Waals surface area contributed by atoms with E-state index in [1.807, 2.05) is 37.4 Å². The second-order valence-electron chi connectivity index (χ2n) is 4.26. The number of halogens is 2. The summed E-state index contributed by atoms with van der Waals surface area (Å²) in [7, 11) is 1.95. The Morgan fingerprint density at radius 2 is 1.89 bits per heavy atom. The van der Waals surface area contributed by atoms with Crippen molar-refractivity contribution >= 4 is 31.9 Å². The van der Waals surface area contributed by atoms with E-state index in [2.05, 4.69) is 56.2 Å². The van der Waals surface area contributed by atoms with Crippen LogP contribution in [0.25, 0.3) is 0 Å². The van der Waals surface area contributed by atoms with Crippen molar-refractivity contribution < 1.29 is 4.74 Å². The van der Waals surface area contributed by atoms with Gasteiger partial charge in [0.2, 0.25) is 0 Å². The summed E-state index contributed by atoms with van der Waals surface area (Å²) >= 11 is 6.99. The first-order valence-electron chi connectivity index (χ1n) is 6.00. The molecule has 0 heterocycles. The number of nitrogens with one attached hydrogen (secondary N) is 1. The molecule has 1 N–H and O–H groups in total. The fraction of sp³-hybridized carbons (Fsp3) is 0.200. The lowest BCUT2D eigenvalue weighted by atomic mass is 10.1. The highest BCUT2D eigenvalue weighted by molar-refractivity contribution is 9.10. The standard InChI is InChI=1S/C15H15Br2NO/c1-10(18-2)11-6-7-15(14(17)8-11)19-13-5-3-4-12(16)9-13/h3-10,18H,1-2H3. The Bertz CT molecular complexity index is 572. The van der Waals surface area contributed by atoms with Gasteiger partial charge >= 0.3 is 0 Å². The molecule has 0 saturated heterocycles. The summed E-state index contributed by atoms with van der Waals surface area (Å²) in [6.07, 6.45) is 0. The molecule has 0 radical (unpaired) electrons. The number of rotatable bonds is 4. The van der Waals surface area contributed by atoms with Crippen LogP contribution in [0.4, 0.5) is 0 Å². The fourth-order valence-electron chi connectivity index (χ4n) is 1.69. The normalized spacial score (nSPS) is 12.2. The third-order valence-corrected chi connectivity index (χ3v) is 4.03. The number of ether oxygens (including phenoxy) is 1. The zero-order chi connectivity index (χ0) is 13.8. The number of hydrogen-bond donors (Lipinski definition) is 1. The topological polar surface area (TPSA) is 21.3 Å². The molecule has 100 valence electrons. The lowest BCUT2D eigenvalue weighted by Crippen LogP contribution is -2.12. The van der Waals surface area contributed by atoms with E-state index in [0.717, 1.165) is 20.4 Å².